The molecule has 1 N–H and O–H groups in total. The van der Waals surface area contributed by atoms with Crippen LogP contribution < -0.4 is 5.32 Å². The van der Waals surface area contributed by atoms with E-state index < -0.39 is 0 Å². The molecular formula is C17H22FN5OS. The van der Waals surface area contributed by atoms with Crippen LogP contribution in [0.15, 0.2) is 18.2 Å². The van der Waals surface area contributed by atoms with Gasteiger partial charge < -0.3 is 15.0 Å². The van der Waals surface area contributed by atoms with Gasteiger partial charge in [-0.25, -0.2) is 9.07 Å². The Morgan fingerprint density at radius 1 is 1.32 bits per heavy atom. The molecule has 0 saturated carbocycles. The molecule has 3 heterocycles. The standard InChI is InChI=1S/C17H22FN5OS/c18-12-3-4-16-15(10-12)20-21-23(16)13-5-7-22(8-6-13)17(25)19-11-14-2-1-9-24-14/h3-4,10,13-14H,1-2,5-9,11H2,(H,19,25). The second kappa shape index (κ2) is 7.21. The molecular weight excluding hydrogens is 341 g/mol. The van der Waals surface area contributed by atoms with Crippen molar-refractivity contribution in [2.75, 3.05) is 26.2 Å². The van der Waals surface area contributed by atoms with E-state index in [1.165, 1.54) is 12.1 Å². The maximum Gasteiger partial charge on any atom is 0.169 e. The number of nitrogens with one attached hydrogen (secondary N) is 1. The van der Waals surface area contributed by atoms with E-state index in [9.17, 15) is 4.39 Å². The summed E-state index contributed by atoms with van der Waals surface area (Å²) in [6.45, 7) is 3.41. The van der Waals surface area contributed by atoms with Crippen molar-refractivity contribution >= 4 is 28.4 Å². The molecule has 6 nitrogen and oxygen atoms in total. The number of aromatic nitrogens is 3. The van der Waals surface area contributed by atoms with Crippen molar-refractivity contribution < 1.29 is 9.13 Å². The highest BCUT2D eigenvalue weighted by atomic mass is 32.1. The first-order valence-corrected chi connectivity index (χ1v) is 9.26. The number of thiocarbonyl (C=S) groups is 1. The molecule has 0 aliphatic carbocycles. The first kappa shape index (κ1) is 16.7. The second-order valence-corrected chi connectivity index (χ2v) is 7.09. The SMILES string of the molecule is Fc1ccc2c(c1)nnn2C1CCN(C(=S)NCC2CCCO2)CC1. The quantitative estimate of drug-likeness (QED) is 0.845. The molecule has 1 unspecified atom stereocenters. The fourth-order valence-electron chi connectivity index (χ4n) is 3.62. The minimum atomic E-state index is -0.281. The first-order valence-electron chi connectivity index (χ1n) is 8.85. The molecule has 4 rings (SSSR count). The third-order valence-corrected chi connectivity index (χ3v) is 5.44. The number of likely N-dealkylation sites (tertiary alicyclic amines) is 1. The fraction of sp³-hybridized carbons (Fsp3) is 0.588. The van der Waals surface area contributed by atoms with Crippen LogP contribution in [0.3, 0.4) is 0 Å². The summed E-state index contributed by atoms with van der Waals surface area (Å²) in [6.07, 6.45) is 4.42. The molecule has 0 amide bonds. The Kier molecular flexibility index (Phi) is 4.80. The van der Waals surface area contributed by atoms with Crippen LogP contribution in [0, 0.1) is 5.82 Å². The summed E-state index contributed by atoms with van der Waals surface area (Å²) in [6, 6.07) is 4.91. The van der Waals surface area contributed by atoms with Crippen LogP contribution in [-0.4, -0.2) is 57.4 Å². The van der Waals surface area contributed by atoms with E-state index >= 15 is 0 Å². The lowest BCUT2D eigenvalue weighted by molar-refractivity contribution is 0.113. The normalized spacial score (nSPS) is 21.8. The highest BCUT2D eigenvalue weighted by Crippen LogP contribution is 2.25. The number of fused-ring (bicyclic) bond motifs is 1. The number of halogens is 1. The molecule has 134 valence electrons. The maximum atomic E-state index is 13.3. The summed E-state index contributed by atoms with van der Waals surface area (Å²) in [7, 11) is 0. The molecule has 2 aromatic rings. The largest absolute Gasteiger partial charge is 0.376 e. The summed E-state index contributed by atoms with van der Waals surface area (Å²) >= 11 is 5.52. The summed E-state index contributed by atoms with van der Waals surface area (Å²) in [5, 5.41) is 12.5. The summed E-state index contributed by atoms with van der Waals surface area (Å²) in [5.74, 6) is -0.281. The topological polar surface area (TPSA) is 55.2 Å². The van der Waals surface area contributed by atoms with Crippen molar-refractivity contribution in [1.29, 1.82) is 0 Å². The van der Waals surface area contributed by atoms with Gasteiger partial charge >= 0.3 is 0 Å². The van der Waals surface area contributed by atoms with Gasteiger partial charge in [-0.1, -0.05) is 5.21 Å². The van der Waals surface area contributed by atoms with Gasteiger partial charge in [0.05, 0.1) is 17.7 Å². The highest BCUT2D eigenvalue weighted by Gasteiger charge is 2.25. The molecule has 1 atom stereocenters. The lowest BCUT2D eigenvalue weighted by Crippen LogP contribution is -2.46. The van der Waals surface area contributed by atoms with Gasteiger partial charge in [0.25, 0.3) is 0 Å². The third-order valence-electron chi connectivity index (χ3n) is 5.04. The van der Waals surface area contributed by atoms with Crippen molar-refractivity contribution in [3.8, 4) is 0 Å². The van der Waals surface area contributed by atoms with Crippen molar-refractivity contribution in [2.24, 2.45) is 0 Å². The van der Waals surface area contributed by atoms with Crippen LogP contribution >= 0.6 is 12.2 Å². The van der Waals surface area contributed by atoms with E-state index in [-0.39, 0.29) is 18.0 Å². The van der Waals surface area contributed by atoms with Gasteiger partial charge in [0.15, 0.2) is 5.11 Å². The first-order chi connectivity index (χ1) is 12.2. The van der Waals surface area contributed by atoms with Crippen LogP contribution in [-0.2, 0) is 4.74 Å². The molecule has 2 aliphatic heterocycles. The number of ether oxygens (including phenoxy) is 1. The maximum absolute atomic E-state index is 13.3. The number of rotatable bonds is 3. The molecule has 0 spiro atoms. The van der Waals surface area contributed by atoms with Crippen LogP contribution in [0.1, 0.15) is 31.7 Å². The minimum Gasteiger partial charge on any atom is -0.376 e. The third kappa shape index (κ3) is 3.59. The summed E-state index contributed by atoms with van der Waals surface area (Å²) in [4.78, 5) is 2.21. The highest BCUT2D eigenvalue weighted by molar-refractivity contribution is 7.80. The van der Waals surface area contributed by atoms with E-state index in [4.69, 9.17) is 17.0 Å². The van der Waals surface area contributed by atoms with Crippen LogP contribution in [0.25, 0.3) is 11.0 Å². The van der Waals surface area contributed by atoms with Gasteiger partial charge in [-0.3, -0.25) is 0 Å². The second-order valence-electron chi connectivity index (χ2n) is 6.71. The van der Waals surface area contributed by atoms with E-state index in [0.717, 1.165) is 62.6 Å². The van der Waals surface area contributed by atoms with E-state index in [1.54, 1.807) is 6.07 Å². The van der Waals surface area contributed by atoms with Crippen molar-refractivity contribution in [3.05, 3.63) is 24.0 Å². The molecule has 1 aromatic carbocycles. The smallest absolute Gasteiger partial charge is 0.169 e. The molecule has 2 fully saturated rings. The Labute approximate surface area is 151 Å². The van der Waals surface area contributed by atoms with Crippen molar-refractivity contribution in [3.63, 3.8) is 0 Å². The summed E-state index contributed by atoms with van der Waals surface area (Å²) < 4.78 is 20.8. The lowest BCUT2D eigenvalue weighted by Gasteiger charge is -2.34. The Morgan fingerprint density at radius 2 is 2.16 bits per heavy atom. The van der Waals surface area contributed by atoms with E-state index in [0.29, 0.717) is 5.52 Å². The van der Waals surface area contributed by atoms with Crippen LogP contribution in [0.4, 0.5) is 4.39 Å². The van der Waals surface area contributed by atoms with Gasteiger partial charge in [-0.15, -0.1) is 5.10 Å². The Balaban J connectivity index is 1.33. The van der Waals surface area contributed by atoms with Crippen LogP contribution in [0.5, 0.6) is 0 Å². The monoisotopic (exact) mass is 363 g/mol. The van der Waals surface area contributed by atoms with Gasteiger partial charge in [-0.2, -0.15) is 0 Å². The predicted molar refractivity (Wildman–Crippen MR) is 96.9 cm³/mol. The molecule has 2 saturated heterocycles. The van der Waals surface area contributed by atoms with Gasteiger partial charge in [0.1, 0.15) is 11.3 Å². The van der Waals surface area contributed by atoms with Gasteiger partial charge in [0, 0.05) is 32.3 Å². The number of hydrogen-bond donors (Lipinski definition) is 1. The van der Waals surface area contributed by atoms with Crippen molar-refractivity contribution in [1.82, 2.24) is 25.2 Å². The zero-order valence-electron chi connectivity index (χ0n) is 14.0. The molecule has 0 radical (unpaired) electrons. The average molecular weight is 363 g/mol. The number of nitrogens with zero attached hydrogens (tertiary/aromatic N) is 4. The minimum absolute atomic E-state index is 0.271. The van der Waals surface area contributed by atoms with Crippen LogP contribution in [0.2, 0.25) is 0 Å². The zero-order chi connectivity index (χ0) is 17.2. The molecule has 25 heavy (non-hydrogen) atoms. The summed E-state index contributed by atoms with van der Waals surface area (Å²) in [5.41, 5.74) is 1.50. The fourth-order valence-corrected chi connectivity index (χ4v) is 3.88. The lowest BCUT2D eigenvalue weighted by atomic mass is 10.1. The van der Waals surface area contributed by atoms with E-state index in [1.807, 2.05) is 4.68 Å². The molecule has 8 heteroatoms. The van der Waals surface area contributed by atoms with Crippen molar-refractivity contribution in [2.45, 2.75) is 37.8 Å². The number of hydrogen-bond acceptors (Lipinski definition) is 4. The number of piperidine rings is 1. The molecule has 1 aromatic heterocycles. The predicted octanol–water partition coefficient (Wildman–Crippen LogP) is 2.26. The Morgan fingerprint density at radius 3 is 2.92 bits per heavy atom. The average Bonchev–Trinajstić information content (AvgIpc) is 3.29. The number of benzene rings is 1. The Bertz CT molecular complexity index is 753. The zero-order valence-corrected chi connectivity index (χ0v) is 14.8. The molecule has 2 aliphatic rings. The van der Waals surface area contributed by atoms with E-state index in [2.05, 4.69) is 20.5 Å². The van der Waals surface area contributed by atoms with Gasteiger partial charge in [0.2, 0.25) is 0 Å². The molecule has 0 bridgehead atoms. The van der Waals surface area contributed by atoms with Gasteiger partial charge in [-0.05, 0) is 50.0 Å². The Hall–Kier alpha value is -1.80.